The zero-order chi connectivity index (χ0) is 43.6. The van der Waals surface area contributed by atoms with Gasteiger partial charge in [-0.2, -0.15) is 0 Å². The first-order chi connectivity index (χ1) is 28.5. The average molecular weight is 854 g/mol. The highest BCUT2D eigenvalue weighted by molar-refractivity contribution is 7.47. The Hall–Kier alpha value is -1.28. The fraction of sp³-hybridized carbons (Fsp3) is 0.860. The van der Waals surface area contributed by atoms with Crippen molar-refractivity contribution >= 4 is 13.7 Å². The zero-order valence-electron chi connectivity index (χ0n) is 39.5. The normalized spacial score (nSPS) is 14.5. The summed E-state index contributed by atoms with van der Waals surface area (Å²) in [7, 11) is 1.57. The molecule has 0 saturated carbocycles. The number of phosphoric ester groups is 1. The number of aliphatic hydroxyl groups is 1. The number of amides is 1. The van der Waals surface area contributed by atoms with Gasteiger partial charge >= 0.3 is 7.82 Å². The largest absolute Gasteiger partial charge is 0.472 e. The third kappa shape index (κ3) is 44.6. The molecule has 0 saturated heterocycles. The molecule has 0 radical (unpaired) electrons. The number of likely N-dealkylation sites (N-methyl/N-ethyl adjacent to an activating group) is 1. The molecule has 3 N–H and O–H groups in total. The zero-order valence-corrected chi connectivity index (χ0v) is 40.4. The second kappa shape index (κ2) is 42.0. The molecule has 0 aliphatic rings. The van der Waals surface area contributed by atoms with Crippen LogP contribution in [-0.2, 0) is 18.4 Å². The average Bonchev–Trinajstić information content (AvgIpc) is 3.19. The number of allylic oxidation sites excluding steroid dienone is 5. The van der Waals surface area contributed by atoms with E-state index in [9.17, 15) is 19.4 Å². The van der Waals surface area contributed by atoms with Gasteiger partial charge in [0.25, 0.3) is 0 Å². The summed E-state index contributed by atoms with van der Waals surface area (Å²) in [6.45, 7) is 4.80. The van der Waals surface area contributed by atoms with Crippen molar-refractivity contribution in [2.24, 2.45) is 0 Å². The third-order valence-electron chi connectivity index (χ3n) is 11.1. The van der Waals surface area contributed by atoms with Crippen LogP contribution in [0.1, 0.15) is 226 Å². The van der Waals surface area contributed by atoms with Crippen molar-refractivity contribution in [2.45, 2.75) is 238 Å². The lowest BCUT2D eigenvalue weighted by molar-refractivity contribution is -0.870. The smallest absolute Gasteiger partial charge is 0.387 e. The maximum Gasteiger partial charge on any atom is 0.472 e. The lowest BCUT2D eigenvalue weighted by atomic mass is 10.0. The molecule has 0 spiro atoms. The van der Waals surface area contributed by atoms with E-state index in [1.165, 1.54) is 161 Å². The molecule has 0 aromatic heterocycles. The van der Waals surface area contributed by atoms with Crippen LogP contribution in [0.4, 0.5) is 0 Å². The second-order valence-corrected chi connectivity index (χ2v) is 19.6. The maximum absolute atomic E-state index is 12.9. The highest BCUT2D eigenvalue weighted by Gasteiger charge is 2.27. The van der Waals surface area contributed by atoms with E-state index < -0.39 is 20.0 Å². The Morgan fingerprint density at radius 1 is 0.576 bits per heavy atom. The quantitative estimate of drug-likeness (QED) is 0.0244. The van der Waals surface area contributed by atoms with Gasteiger partial charge < -0.3 is 19.8 Å². The summed E-state index contributed by atoms with van der Waals surface area (Å²) in [5, 5.41) is 13.8. The molecule has 0 aromatic carbocycles. The Labute approximate surface area is 366 Å². The standard InChI is InChI=1S/C50H97N2O6P/c1-6-8-10-12-14-16-18-19-20-21-22-23-24-25-26-27-28-29-30-31-32-33-34-36-38-40-42-44-50(54)51-48(47-58-59(55,56)57-46-45-52(3,4)5)49(53)43-41-39-37-35-17-15-13-11-9-7-2/h22-23,25-26,41,43,48-49,53H,6-21,24,27-40,42,44-47H2,1-5H3,(H-,51,54,55,56)/p+1/b23-22-,26-25-,43-41+. The highest BCUT2D eigenvalue weighted by atomic mass is 31.2. The van der Waals surface area contributed by atoms with Crippen LogP contribution < -0.4 is 5.32 Å². The van der Waals surface area contributed by atoms with Crippen molar-refractivity contribution in [1.82, 2.24) is 5.32 Å². The summed E-state index contributed by atoms with van der Waals surface area (Å²) in [5.41, 5.74) is 0. The summed E-state index contributed by atoms with van der Waals surface area (Å²) in [5.74, 6) is -0.181. The van der Waals surface area contributed by atoms with Gasteiger partial charge in [-0.3, -0.25) is 13.8 Å². The number of carbonyl (C=O) groups is 1. The van der Waals surface area contributed by atoms with Gasteiger partial charge in [0.1, 0.15) is 13.2 Å². The van der Waals surface area contributed by atoms with Crippen LogP contribution in [0.5, 0.6) is 0 Å². The molecule has 59 heavy (non-hydrogen) atoms. The molecule has 8 nitrogen and oxygen atoms in total. The molecule has 3 unspecified atom stereocenters. The maximum atomic E-state index is 12.9. The van der Waals surface area contributed by atoms with Crippen LogP contribution in [0, 0.1) is 0 Å². The summed E-state index contributed by atoms with van der Waals surface area (Å²) < 4.78 is 23.5. The Balaban J connectivity index is 4.13. The van der Waals surface area contributed by atoms with E-state index in [1.807, 2.05) is 27.2 Å². The van der Waals surface area contributed by atoms with Crippen molar-refractivity contribution in [3.63, 3.8) is 0 Å². The van der Waals surface area contributed by atoms with Crippen molar-refractivity contribution < 1.29 is 32.9 Å². The first kappa shape index (κ1) is 57.7. The van der Waals surface area contributed by atoms with Gasteiger partial charge in [-0.25, -0.2) is 4.57 Å². The molecule has 9 heteroatoms. The number of carbonyl (C=O) groups excluding carboxylic acids is 1. The molecule has 0 rings (SSSR count). The van der Waals surface area contributed by atoms with E-state index >= 15 is 0 Å². The minimum atomic E-state index is -4.33. The van der Waals surface area contributed by atoms with E-state index in [2.05, 4.69) is 43.5 Å². The minimum Gasteiger partial charge on any atom is -0.387 e. The topological polar surface area (TPSA) is 105 Å². The first-order valence-corrected chi connectivity index (χ1v) is 26.4. The Bertz CT molecular complexity index is 1060. The second-order valence-electron chi connectivity index (χ2n) is 18.2. The number of hydrogen-bond donors (Lipinski definition) is 3. The molecule has 0 aliphatic heterocycles. The lowest BCUT2D eigenvalue weighted by Gasteiger charge is -2.25. The van der Waals surface area contributed by atoms with Crippen molar-refractivity contribution in [3.05, 3.63) is 36.5 Å². The monoisotopic (exact) mass is 854 g/mol. The van der Waals surface area contributed by atoms with Crippen molar-refractivity contribution in [1.29, 1.82) is 0 Å². The van der Waals surface area contributed by atoms with Gasteiger partial charge in [-0.05, 0) is 51.4 Å². The Kier molecular flexibility index (Phi) is 41.1. The predicted molar refractivity (Wildman–Crippen MR) is 254 cm³/mol. The summed E-state index contributed by atoms with van der Waals surface area (Å²) in [6, 6.07) is -0.845. The molecule has 0 aliphatic carbocycles. The van der Waals surface area contributed by atoms with E-state index in [0.717, 1.165) is 44.9 Å². The third-order valence-corrected chi connectivity index (χ3v) is 12.1. The van der Waals surface area contributed by atoms with E-state index in [0.29, 0.717) is 17.4 Å². The number of nitrogens with one attached hydrogen (secondary N) is 1. The number of rotatable bonds is 45. The minimum absolute atomic E-state index is 0.0610. The van der Waals surface area contributed by atoms with Gasteiger partial charge in [-0.1, -0.05) is 204 Å². The molecular formula is C50H98N2O6P+. The van der Waals surface area contributed by atoms with Gasteiger partial charge in [0.15, 0.2) is 0 Å². The Morgan fingerprint density at radius 3 is 1.39 bits per heavy atom. The highest BCUT2D eigenvalue weighted by Crippen LogP contribution is 2.43. The number of quaternary nitrogens is 1. The van der Waals surface area contributed by atoms with E-state index in [4.69, 9.17) is 9.05 Å². The van der Waals surface area contributed by atoms with Crippen LogP contribution in [-0.4, -0.2) is 73.4 Å². The number of phosphoric acid groups is 1. The number of aliphatic hydroxyl groups excluding tert-OH is 1. The van der Waals surface area contributed by atoms with Crippen LogP contribution in [0.25, 0.3) is 0 Å². The molecular weight excluding hydrogens is 756 g/mol. The van der Waals surface area contributed by atoms with Crippen LogP contribution in [0.15, 0.2) is 36.5 Å². The molecule has 348 valence electrons. The summed E-state index contributed by atoms with van der Waals surface area (Å²) in [6.07, 6.45) is 52.3. The van der Waals surface area contributed by atoms with Crippen LogP contribution in [0.2, 0.25) is 0 Å². The summed E-state index contributed by atoms with van der Waals surface area (Å²) in [4.78, 5) is 23.1. The van der Waals surface area contributed by atoms with Crippen LogP contribution in [0.3, 0.4) is 0 Å². The van der Waals surface area contributed by atoms with Gasteiger partial charge in [0, 0.05) is 6.42 Å². The van der Waals surface area contributed by atoms with Gasteiger partial charge in [0.05, 0.1) is 39.9 Å². The SMILES string of the molecule is CCCCCCCCCC/C=C/C(O)C(COP(=O)(O)OCC[N+](C)(C)C)NC(=O)CCCCCCCCCCCCC/C=C\C/C=C\CCCCCCCCCCC. The molecule has 0 bridgehead atoms. The van der Waals surface area contributed by atoms with E-state index in [1.54, 1.807) is 6.08 Å². The molecule has 0 aromatic rings. The van der Waals surface area contributed by atoms with Crippen molar-refractivity contribution in [2.75, 3.05) is 40.9 Å². The molecule has 0 fully saturated rings. The molecule has 0 heterocycles. The Morgan fingerprint density at radius 2 is 0.966 bits per heavy atom. The van der Waals surface area contributed by atoms with E-state index in [-0.39, 0.29) is 19.1 Å². The number of hydrogen-bond acceptors (Lipinski definition) is 5. The predicted octanol–water partition coefficient (Wildman–Crippen LogP) is 14.3. The van der Waals surface area contributed by atoms with Crippen molar-refractivity contribution in [3.8, 4) is 0 Å². The molecule has 1 amide bonds. The fourth-order valence-electron chi connectivity index (χ4n) is 7.13. The first-order valence-electron chi connectivity index (χ1n) is 24.9. The number of nitrogens with zero attached hydrogens (tertiary/aromatic N) is 1. The molecule has 3 atom stereocenters. The fourth-order valence-corrected chi connectivity index (χ4v) is 7.87. The lowest BCUT2D eigenvalue weighted by Crippen LogP contribution is -2.45. The number of unbranched alkanes of at least 4 members (excludes halogenated alkanes) is 28. The van der Waals surface area contributed by atoms with Gasteiger partial charge in [0.2, 0.25) is 5.91 Å². The summed E-state index contributed by atoms with van der Waals surface area (Å²) >= 11 is 0. The van der Waals surface area contributed by atoms with Gasteiger partial charge in [-0.15, -0.1) is 0 Å². The van der Waals surface area contributed by atoms with Crippen LogP contribution >= 0.6 is 7.82 Å².